The summed E-state index contributed by atoms with van der Waals surface area (Å²) in [5, 5.41) is 9.01. The standard InChI is InChI=1S/C19H20O3.C12H16O2/c1-21-18-10-9-15-11-17(8-7-16(15)12-18)19(20)22-13-14-5-3-2-4-6-14;1-14-12-5-4-10-6-9(8-13)2-3-11(10)7-12/h2-8,11,18H,9-10,12-13H2,1H3;2-3,6,12-13H,4-5,7-8H2,1H3. The quantitative estimate of drug-likeness (QED) is 0.482. The summed E-state index contributed by atoms with van der Waals surface area (Å²) in [5.41, 5.74) is 7.91. The van der Waals surface area contributed by atoms with Crippen LogP contribution in [0.5, 0.6) is 0 Å². The van der Waals surface area contributed by atoms with Gasteiger partial charge in [0.15, 0.2) is 0 Å². The molecule has 2 aliphatic carbocycles. The molecule has 2 atom stereocenters. The van der Waals surface area contributed by atoms with E-state index in [0.717, 1.165) is 49.7 Å². The molecule has 3 aromatic carbocycles. The predicted molar refractivity (Wildman–Crippen MR) is 140 cm³/mol. The van der Waals surface area contributed by atoms with Crippen LogP contribution in [-0.4, -0.2) is 37.5 Å². The largest absolute Gasteiger partial charge is 0.457 e. The van der Waals surface area contributed by atoms with Gasteiger partial charge in [0.2, 0.25) is 0 Å². The highest BCUT2D eigenvalue weighted by atomic mass is 16.5. The number of aliphatic hydroxyl groups excluding tert-OH is 1. The molecule has 1 N–H and O–H groups in total. The first-order chi connectivity index (χ1) is 17.6. The second-order valence-corrected chi connectivity index (χ2v) is 9.51. The lowest BCUT2D eigenvalue weighted by atomic mass is 9.88. The summed E-state index contributed by atoms with van der Waals surface area (Å²) in [7, 11) is 3.53. The Labute approximate surface area is 214 Å². The van der Waals surface area contributed by atoms with Crippen LogP contribution in [0.15, 0.2) is 66.7 Å². The molecule has 0 heterocycles. The summed E-state index contributed by atoms with van der Waals surface area (Å²) in [6.45, 7) is 0.448. The number of esters is 1. The fourth-order valence-corrected chi connectivity index (χ4v) is 4.93. The van der Waals surface area contributed by atoms with Crippen LogP contribution < -0.4 is 0 Å². The molecule has 0 spiro atoms. The lowest BCUT2D eigenvalue weighted by molar-refractivity contribution is 0.0472. The zero-order valence-electron chi connectivity index (χ0n) is 21.2. The van der Waals surface area contributed by atoms with E-state index in [0.29, 0.717) is 24.4 Å². The first-order valence-electron chi connectivity index (χ1n) is 12.7. The summed E-state index contributed by atoms with van der Waals surface area (Å²) < 4.78 is 16.2. The molecule has 0 aromatic heterocycles. The van der Waals surface area contributed by atoms with Crippen LogP contribution in [0.1, 0.15) is 56.6 Å². The molecule has 0 saturated heterocycles. The van der Waals surface area contributed by atoms with E-state index < -0.39 is 0 Å². The van der Waals surface area contributed by atoms with Gasteiger partial charge in [-0.3, -0.25) is 0 Å². The number of fused-ring (bicyclic) bond motifs is 2. The maximum atomic E-state index is 12.2. The van der Waals surface area contributed by atoms with Gasteiger partial charge < -0.3 is 19.3 Å². The first-order valence-corrected chi connectivity index (χ1v) is 12.7. The molecule has 190 valence electrons. The molecular formula is C31H36O5. The third-order valence-electron chi connectivity index (χ3n) is 7.14. The molecule has 5 rings (SSSR count). The van der Waals surface area contributed by atoms with Gasteiger partial charge in [-0.15, -0.1) is 0 Å². The van der Waals surface area contributed by atoms with Crippen LogP contribution in [0.25, 0.3) is 0 Å². The van der Waals surface area contributed by atoms with Gasteiger partial charge in [0, 0.05) is 14.2 Å². The fraction of sp³-hybridized carbons (Fsp3) is 0.387. The molecule has 0 amide bonds. The lowest BCUT2D eigenvalue weighted by Crippen LogP contribution is -2.21. The molecular weight excluding hydrogens is 452 g/mol. The predicted octanol–water partition coefficient (Wildman–Crippen LogP) is 5.23. The molecule has 36 heavy (non-hydrogen) atoms. The zero-order chi connectivity index (χ0) is 25.3. The van der Waals surface area contributed by atoms with Crippen LogP contribution in [0, 0.1) is 0 Å². The van der Waals surface area contributed by atoms with E-state index in [1.807, 2.05) is 54.6 Å². The van der Waals surface area contributed by atoms with Crippen molar-refractivity contribution in [3.05, 3.63) is 106 Å². The van der Waals surface area contributed by atoms with Gasteiger partial charge in [-0.2, -0.15) is 0 Å². The highest BCUT2D eigenvalue weighted by Gasteiger charge is 2.20. The van der Waals surface area contributed by atoms with E-state index >= 15 is 0 Å². The molecule has 0 aliphatic heterocycles. The summed E-state index contributed by atoms with van der Waals surface area (Å²) >= 11 is 0. The number of hydrogen-bond donors (Lipinski definition) is 1. The molecule has 5 nitrogen and oxygen atoms in total. The Morgan fingerprint density at radius 2 is 1.39 bits per heavy atom. The Hall–Kier alpha value is -2.99. The molecule has 0 saturated carbocycles. The van der Waals surface area contributed by atoms with Crippen molar-refractivity contribution < 1.29 is 24.1 Å². The van der Waals surface area contributed by atoms with E-state index in [2.05, 4.69) is 12.1 Å². The number of methoxy groups -OCH3 is 2. The topological polar surface area (TPSA) is 65.0 Å². The number of aliphatic hydroxyl groups is 1. The van der Waals surface area contributed by atoms with Crippen LogP contribution in [0.2, 0.25) is 0 Å². The summed E-state index contributed by atoms with van der Waals surface area (Å²) in [4.78, 5) is 12.2. The number of rotatable bonds is 6. The lowest BCUT2D eigenvalue weighted by Gasteiger charge is -2.23. The first kappa shape index (κ1) is 26.1. The molecule has 0 fully saturated rings. The number of ether oxygens (including phenoxy) is 3. The van der Waals surface area contributed by atoms with Gasteiger partial charge >= 0.3 is 5.97 Å². The molecule has 0 bridgehead atoms. The number of hydrogen-bond acceptors (Lipinski definition) is 5. The maximum absolute atomic E-state index is 12.2. The van der Waals surface area contributed by atoms with Crippen molar-refractivity contribution in [3.8, 4) is 0 Å². The second-order valence-electron chi connectivity index (χ2n) is 9.51. The van der Waals surface area contributed by atoms with Gasteiger partial charge in [0.1, 0.15) is 6.61 Å². The summed E-state index contributed by atoms with van der Waals surface area (Å²) in [5.74, 6) is -0.263. The van der Waals surface area contributed by atoms with E-state index in [1.165, 1.54) is 22.3 Å². The van der Waals surface area contributed by atoms with E-state index in [9.17, 15) is 4.79 Å². The summed E-state index contributed by atoms with van der Waals surface area (Å²) in [6, 6.07) is 21.8. The van der Waals surface area contributed by atoms with Gasteiger partial charge in [0.05, 0.1) is 24.4 Å². The monoisotopic (exact) mass is 488 g/mol. The van der Waals surface area contributed by atoms with Crippen molar-refractivity contribution in [2.75, 3.05) is 14.2 Å². The highest BCUT2D eigenvalue weighted by molar-refractivity contribution is 5.89. The Balaban J connectivity index is 0.000000187. The molecule has 3 aromatic rings. The number of benzene rings is 3. The van der Waals surface area contributed by atoms with Gasteiger partial charge in [0.25, 0.3) is 0 Å². The number of carbonyl (C=O) groups excluding carboxylic acids is 1. The van der Waals surface area contributed by atoms with E-state index in [-0.39, 0.29) is 12.6 Å². The van der Waals surface area contributed by atoms with Crippen molar-refractivity contribution in [3.63, 3.8) is 0 Å². The van der Waals surface area contributed by atoms with Crippen LogP contribution in [-0.2, 0) is 53.1 Å². The minimum absolute atomic E-state index is 0.140. The van der Waals surface area contributed by atoms with Gasteiger partial charge in [-0.1, -0.05) is 54.6 Å². The molecule has 0 radical (unpaired) electrons. The summed E-state index contributed by atoms with van der Waals surface area (Å²) in [6.07, 6.45) is 6.73. The third-order valence-corrected chi connectivity index (χ3v) is 7.14. The number of carbonyl (C=O) groups is 1. The normalized spacial score (nSPS) is 18.3. The average molecular weight is 489 g/mol. The fourth-order valence-electron chi connectivity index (χ4n) is 4.93. The van der Waals surface area contributed by atoms with Crippen LogP contribution >= 0.6 is 0 Å². The van der Waals surface area contributed by atoms with Crippen molar-refractivity contribution in [1.29, 1.82) is 0 Å². The number of aryl methyl sites for hydroxylation is 2. The molecule has 2 unspecified atom stereocenters. The van der Waals surface area contributed by atoms with Crippen molar-refractivity contribution in [1.82, 2.24) is 0 Å². The van der Waals surface area contributed by atoms with Gasteiger partial charge in [-0.05, 0) is 84.0 Å². The van der Waals surface area contributed by atoms with E-state index in [1.54, 1.807) is 14.2 Å². The second kappa shape index (κ2) is 12.8. The minimum Gasteiger partial charge on any atom is -0.457 e. The van der Waals surface area contributed by atoms with Gasteiger partial charge in [-0.25, -0.2) is 4.79 Å². The van der Waals surface area contributed by atoms with Crippen LogP contribution in [0.3, 0.4) is 0 Å². The third kappa shape index (κ3) is 6.82. The van der Waals surface area contributed by atoms with Crippen molar-refractivity contribution >= 4 is 5.97 Å². The van der Waals surface area contributed by atoms with Crippen LogP contribution in [0.4, 0.5) is 0 Å². The Morgan fingerprint density at radius 1 is 0.778 bits per heavy atom. The van der Waals surface area contributed by atoms with E-state index in [4.69, 9.17) is 19.3 Å². The Morgan fingerprint density at radius 3 is 2.00 bits per heavy atom. The van der Waals surface area contributed by atoms with Crippen molar-refractivity contribution in [2.45, 2.75) is 63.9 Å². The Kier molecular flexibility index (Phi) is 9.29. The molecule has 2 aliphatic rings. The molecule has 5 heteroatoms. The van der Waals surface area contributed by atoms with Crippen molar-refractivity contribution in [2.24, 2.45) is 0 Å². The Bertz CT molecular complexity index is 1140. The average Bonchev–Trinajstić information content (AvgIpc) is 2.95. The maximum Gasteiger partial charge on any atom is 0.338 e. The smallest absolute Gasteiger partial charge is 0.338 e. The minimum atomic E-state index is -0.263. The zero-order valence-corrected chi connectivity index (χ0v) is 21.2. The SMILES string of the molecule is COC1CCc2cc(C(=O)OCc3ccccc3)ccc2C1.COC1CCc2cc(CO)ccc2C1. The highest BCUT2D eigenvalue weighted by Crippen LogP contribution is 2.25.